The van der Waals surface area contributed by atoms with Crippen LogP contribution in [0.1, 0.15) is 63.1 Å². The molecule has 1 saturated heterocycles. The molecule has 4 rings (SSSR count). The van der Waals surface area contributed by atoms with Crippen LogP contribution >= 0.6 is 0 Å². The number of pyridine rings is 1. The molecule has 0 bridgehead atoms. The van der Waals surface area contributed by atoms with E-state index < -0.39 is 11.2 Å². The van der Waals surface area contributed by atoms with Gasteiger partial charge in [-0.05, 0) is 41.5 Å². The summed E-state index contributed by atoms with van der Waals surface area (Å²) in [4.78, 5) is 14.9. The van der Waals surface area contributed by atoms with Crippen LogP contribution in [-0.2, 0) is 12.0 Å². The quantitative estimate of drug-likeness (QED) is 0.531. The summed E-state index contributed by atoms with van der Waals surface area (Å²) in [7, 11) is 0. The molecule has 32 heavy (non-hydrogen) atoms. The van der Waals surface area contributed by atoms with Crippen LogP contribution in [0.25, 0.3) is 10.9 Å². The fraction of sp³-hybridized carbons (Fsp3) is 0.407. The summed E-state index contributed by atoms with van der Waals surface area (Å²) in [6.45, 7) is 8.66. The van der Waals surface area contributed by atoms with Crippen LogP contribution < -0.4 is 10.3 Å². The van der Waals surface area contributed by atoms with Crippen molar-refractivity contribution in [1.29, 1.82) is 5.26 Å². The zero-order valence-electron chi connectivity index (χ0n) is 19.1. The van der Waals surface area contributed by atoms with Crippen LogP contribution in [0.3, 0.4) is 0 Å². The van der Waals surface area contributed by atoms with E-state index in [0.29, 0.717) is 17.7 Å². The van der Waals surface area contributed by atoms with Crippen molar-refractivity contribution in [2.24, 2.45) is 0 Å². The molecule has 0 atom stereocenters. The number of halogens is 1. The van der Waals surface area contributed by atoms with Gasteiger partial charge < -0.3 is 9.47 Å². The van der Waals surface area contributed by atoms with Crippen LogP contribution in [-0.4, -0.2) is 17.7 Å². The van der Waals surface area contributed by atoms with E-state index in [0.717, 1.165) is 44.3 Å². The van der Waals surface area contributed by atoms with Gasteiger partial charge >= 0.3 is 0 Å². The van der Waals surface area contributed by atoms with Crippen LogP contribution in [0.15, 0.2) is 47.4 Å². The summed E-state index contributed by atoms with van der Waals surface area (Å²) in [5.41, 5.74) is 3.20. The van der Waals surface area contributed by atoms with E-state index in [4.69, 9.17) is 0 Å². The van der Waals surface area contributed by atoms with E-state index in [2.05, 4.69) is 49.9 Å². The molecule has 4 nitrogen and oxygen atoms in total. The van der Waals surface area contributed by atoms with Crippen molar-refractivity contribution < 1.29 is 4.39 Å². The van der Waals surface area contributed by atoms with Gasteiger partial charge in [0.25, 0.3) is 0 Å². The van der Waals surface area contributed by atoms with Gasteiger partial charge in [-0.1, -0.05) is 57.9 Å². The van der Waals surface area contributed by atoms with Gasteiger partial charge in [0.05, 0.1) is 16.6 Å². The standard InChI is InChI=1S/C27H30FN3O/c1-27(2,3)21-10-8-19(9-11-21)17-31-18-20(16-29)26(32)22-14-23(28)25(15-24(22)31)30-12-6-4-5-7-13-30/h8-11,14-15,18H,4-7,12-13,17H2,1-3H3. The lowest BCUT2D eigenvalue weighted by Gasteiger charge is -2.24. The molecule has 0 radical (unpaired) electrons. The second-order valence-electron chi connectivity index (χ2n) is 9.78. The second kappa shape index (κ2) is 8.78. The second-order valence-corrected chi connectivity index (χ2v) is 9.78. The largest absolute Gasteiger partial charge is 0.369 e. The zero-order chi connectivity index (χ0) is 22.9. The first-order chi connectivity index (χ1) is 15.3. The molecule has 1 aliphatic rings. The minimum absolute atomic E-state index is 0.0331. The molecular formula is C27H30FN3O. The summed E-state index contributed by atoms with van der Waals surface area (Å²) in [5.74, 6) is -0.396. The normalized spacial score (nSPS) is 14.9. The van der Waals surface area contributed by atoms with Crippen molar-refractivity contribution in [3.05, 3.63) is 75.3 Å². The minimum Gasteiger partial charge on any atom is -0.369 e. The van der Waals surface area contributed by atoms with Gasteiger partial charge in [-0.25, -0.2) is 4.39 Å². The number of anilines is 1. The fourth-order valence-electron chi connectivity index (χ4n) is 4.47. The maximum atomic E-state index is 15.1. The highest BCUT2D eigenvalue weighted by Crippen LogP contribution is 2.28. The summed E-state index contributed by atoms with van der Waals surface area (Å²) >= 11 is 0. The Morgan fingerprint density at radius 3 is 2.28 bits per heavy atom. The lowest BCUT2D eigenvalue weighted by atomic mass is 9.87. The highest BCUT2D eigenvalue weighted by Gasteiger charge is 2.19. The molecule has 2 heterocycles. The number of nitrogens with zero attached hydrogens (tertiary/aromatic N) is 3. The third-order valence-corrected chi connectivity index (χ3v) is 6.39. The molecule has 1 fully saturated rings. The molecule has 166 valence electrons. The van der Waals surface area contributed by atoms with Crippen molar-refractivity contribution in [1.82, 2.24) is 4.57 Å². The third-order valence-electron chi connectivity index (χ3n) is 6.39. The van der Waals surface area contributed by atoms with Gasteiger partial charge in [-0.15, -0.1) is 0 Å². The van der Waals surface area contributed by atoms with Gasteiger partial charge in [0.15, 0.2) is 0 Å². The van der Waals surface area contributed by atoms with Crippen LogP contribution in [0.5, 0.6) is 0 Å². The van der Waals surface area contributed by atoms with E-state index in [1.54, 1.807) is 12.3 Å². The van der Waals surface area contributed by atoms with E-state index in [1.807, 2.05) is 10.6 Å². The Morgan fingerprint density at radius 1 is 1.03 bits per heavy atom. The average Bonchev–Trinajstić information content (AvgIpc) is 3.04. The summed E-state index contributed by atoms with van der Waals surface area (Å²) in [5, 5.41) is 9.74. The molecule has 3 aromatic rings. The average molecular weight is 432 g/mol. The van der Waals surface area contributed by atoms with E-state index >= 15 is 4.39 Å². The van der Waals surface area contributed by atoms with Crippen molar-refractivity contribution in [3.8, 4) is 6.07 Å². The predicted molar refractivity (Wildman–Crippen MR) is 128 cm³/mol. The number of rotatable bonds is 3. The molecule has 0 N–H and O–H groups in total. The summed E-state index contributed by atoms with van der Waals surface area (Å²) in [6.07, 6.45) is 6.00. The van der Waals surface area contributed by atoms with Crippen LogP contribution in [0, 0.1) is 17.1 Å². The molecule has 0 spiro atoms. The maximum absolute atomic E-state index is 15.1. The van der Waals surface area contributed by atoms with E-state index in [1.165, 1.54) is 11.6 Å². The third kappa shape index (κ3) is 4.41. The predicted octanol–water partition coefficient (Wildman–Crippen LogP) is 5.74. The van der Waals surface area contributed by atoms with Crippen molar-refractivity contribution in [2.75, 3.05) is 18.0 Å². The SMILES string of the molecule is CC(C)(C)c1ccc(Cn2cc(C#N)c(=O)c3cc(F)c(N4CCCCCC4)cc32)cc1. The first kappa shape index (κ1) is 22.1. The Bertz CT molecular complexity index is 1220. The van der Waals surface area contributed by atoms with E-state index in [-0.39, 0.29) is 16.4 Å². The number of benzene rings is 2. The molecular weight excluding hydrogens is 401 g/mol. The highest BCUT2D eigenvalue weighted by atomic mass is 19.1. The number of hydrogen-bond donors (Lipinski definition) is 0. The Kier molecular flexibility index (Phi) is 6.06. The summed E-state index contributed by atoms with van der Waals surface area (Å²) < 4.78 is 17.0. The Labute approximate surface area is 188 Å². The number of fused-ring (bicyclic) bond motifs is 1. The molecule has 0 amide bonds. The topological polar surface area (TPSA) is 49.0 Å². The monoisotopic (exact) mass is 431 g/mol. The van der Waals surface area contributed by atoms with Gasteiger partial charge in [0.2, 0.25) is 5.43 Å². The molecule has 0 unspecified atom stereocenters. The van der Waals surface area contributed by atoms with Gasteiger partial charge in [-0.2, -0.15) is 5.26 Å². The lowest BCUT2D eigenvalue weighted by Crippen LogP contribution is -2.25. The molecule has 0 saturated carbocycles. The first-order valence-corrected chi connectivity index (χ1v) is 11.4. The zero-order valence-corrected chi connectivity index (χ0v) is 19.1. The first-order valence-electron chi connectivity index (χ1n) is 11.4. The van der Waals surface area contributed by atoms with Crippen LogP contribution in [0.2, 0.25) is 0 Å². The number of hydrogen-bond acceptors (Lipinski definition) is 3. The smallest absolute Gasteiger partial charge is 0.207 e. The Hall–Kier alpha value is -3.13. The number of aromatic nitrogens is 1. The van der Waals surface area contributed by atoms with Gasteiger partial charge in [-0.3, -0.25) is 4.79 Å². The van der Waals surface area contributed by atoms with Crippen LogP contribution in [0.4, 0.5) is 10.1 Å². The van der Waals surface area contributed by atoms with Gasteiger partial charge in [0, 0.05) is 25.8 Å². The van der Waals surface area contributed by atoms with Gasteiger partial charge in [0.1, 0.15) is 17.4 Å². The molecule has 5 heteroatoms. The lowest BCUT2D eigenvalue weighted by molar-refractivity contribution is 0.590. The van der Waals surface area contributed by atoms with E-state index in [9.17, 15) is 10.1 Å². The minimum atomic E-state index is -0.414. The molecule has 2 aromatic carbocycles. The van der Waals surface area contributed by atoms with Crippen molar-refractivity contribution in [2.45, 2.75) is 58.4 Å². The fourth-order valence-corrected chi connectivity index (χ4v) is 4.47. The number of nitriles is 1. The molecule has 1 aliphatic heterocycles. The highest BCUT2D eigenvalue weighted by molar-refractivity contribution is 5.84. The molecule has 1 aromatic heterocycles. The van der Waals surface area contributed by atoms with Crippen molar-refractivity contribution in [3.63, 3.8) is 0 Å². The van der Waals surface area contributed by atoms with Crippen molar-refractivity contribution >= 4 is 16.6 Å². The maximum Gasteiger partial charge on any atom is 0.207 e. The Balaban J connectivity index is 1.81. The molecule has 0 aliphatic carbocycles. The Morgan fingerprint density at radius 2 is 1.69 bits per heavy atom. The summed E-state index contributed by atoms with van der Waals surface area (Å²) in [6, 6.07) is 13.5.